The van der Waals surface area contributed by atoms with Crippen LogP contribution in [0.2, 0.25) is 0 Å². The first-order valence-corrected chi connectivity index (χ1v) is 11.1. The monoisotopic (exact) mass is 484 g/mol. The van der Waals surface area contributed by atoms with Gasteiger partial charge >= 0.3 is 6.40 Å². The minimum atomic E-state index is -0.889. The van der Waals surface area contributed by atoms with Crippen molar-refractivity contribution in [2.24, 2.45) is 20.0 Å². The van der Waals surface area contributed by atoms with E-state index in [1.165, 1.54) is 36.4 Å². The van der Waals surface area contributed by atoms with Crippen LogP contribution >= 0.6 is 11.5 Å². The van der Waals surface area contributed by atoms with E-state index in [-0.39, 0.29) is 5.84 Å². The molecule has 8 rings (SSSR count). The standard InChI is InChI=1S/C24H9BClF3N6/c26-25-34-21-14-5-2-12(29)9-18(14)24(34)33-22-15-6-3-11(28)8-17(15)23(35(22)25)31-19-13-4-1-10(27)7-16(13)20(30-19)32-21/h1-9H. The quantitative estimate of drug-likeness (QED) is 0.293. The Bertz CT molecular complexity index is 2020. The average Bonchev–Trinajstić information content (AvgIpc) is 3.43. The molecule has 5 heterocycles. The lowest BCUT2D eigenvalue weighted by Crippen LogP contribution is -2.44. The Kier molecular flexibility index (Phi) is 3.44. The summed E-state index contributed by atoms with van der Waals surface area (Å²) >= 11 is 7.05. The number of aliphatic imine (C=N–C) groups is 2. The molecular formula is C24H9BClF3N6. The maximum atomic E-state index is 14.3. The highest BCUT2D eigenvalue weighted by atomic mass is 35.5. The lowest BCUT2D eigenvalue weighted by Gasteiger charge is -2.18. The zero-order valence-corrected chi connectivity index (χ0v) is 18.2. The van der Waals surface area contributed by atoms with E-state index in [9.17, 15) is 13.2 Å². The third kappa shape index (κ3) is 2.36. The van der Waals surface area contributed by atoms with Crippen LogP contribution < -0.4 is 11.0 Å². The Morgan fingerprint density at radius 2 is 1.20 bits per heavy atom. The van der Waals surface area contributed by atoms with E-state index in [1.807, 2.05) is 0 Å². The second-order valence-electron chi connectivity index (χ2n) is 8.51. The number of nitrogens with zero attached hydrogens (tertiary/aromatic N) is 6. The number of hydrogen-bond acceptors (Lipinski definition) is 4. The van der Waals surface area contributed by atoms with Gasteiger partial charge in [0.2, 0.25) is 0 Å². The number of halogens is 4. The Labute approximate surface area is 199 Å². The molecule has 0 aliphatic carbocycles. The first-order chi connectivity index (χ1) is 17.0. The van der Waals surface area contributed by atoms with Crippen molar-refractivity contribution in [3.8, 4) is 0 Å². The van der Waals surface area contributed by atoms with Gasteiger partial charge in [0.25, 0.3) is 0 Å². The molecule has 0 saturated carbocycles. The second-order valence-corrected chi connectivity index (χ2v) is 8.90. The van der Waals surface area contributed by atoms with Crippen molar-refractivity contribution in [1.82, 2.24) is 8.96 Å². The highest BCUT2D eigenvalue weighted by Crippen LogP contribution is 2.41. The van der Waals surface area contributed by atoms with Crippen LogP contribution in [0, 0.1) is 17.5 Å². The summed E-state index contributed by atoms with van der Waals surface area (Å²) in [6.07, 6.45) is -0.889. The molecular weight excluding hydrogens is 476 g/mol. The average molecular weight is 485 g/mol. The van der Waals surface area contributed by atoms with Crippen LogP contribution in [-0.4, -0.2) is 27.0 Å². The molecule has 2 aromatic heterocycles. The minimum Gasteiger partial charge on any atom is -0.319 e. The molecule has 5 aromatic rings. The summed E-state index contributed by atoms with van der Waals surface area (Å²) in [5.41, 5.74) is 1.87. The van der Waals surface area contributed by atoms with E-state index in [2.05, 4.69) is 4.99 Å². The van der Waals surface area contributed by atoms with Crippen LogP contribution in [0.1, 0.15) is 11.1 Å². The molecule has 0 N–H and O–H groups in total. The van der Waals surface area contributed by atoms with Gasteiger partial charge in [-0.1, -0.05) is 0 Å². The Morgan fingerprint density at radius 1 is 0.571 bits per heavy atom. The van der Waals surface area contributed by atoms with Crippen LogP contribution in [0.25, 0.3) is 21.5 Å². The number of amidine groups is 2. The Hall–Kier alpha value is -4.18. The lowest BCUT2D eigenvalue weighted by molar-refractivity contribution is 0.627. The molecule has 0 fully saturated rings. The summed E-state index contributed by atoms with van der Waals surface area (Å²) in [6, 6.07) is 12.9. The fraction of sp³-hybridized carbons (Fsp3) is 0. The molecule has 0 amide bonds. The summed E-state index contributed by atoms with van der Waals surface area (Å²) < 4.78 is 46.2. The Morgan fingerprint density at radius 3 is 2.03 bits per heavy atom. The van der Waals surface area contributed by atoms with Crippen molar-refractivity contribution < 1.29 is 13.2 Å². The fourth-order valence-corrected chi connectivity index (χ4v) is 5.45. The molecule has 0 spiro atoms. The molecule has 35 heavy (non-hydrogen) atoms. The largest absolute Gasteiger partial charge is 0.499 e. The SMILES string of the molecule is Fc1ccc2c(c1)C1=Nc3c4ccc(F)cc4c4n3B(Cl)n3c(c5cc(F)ccc5c3=N4)=NC2=N1. The minimum absolute atomic E-state index is 0.245. The number of fused-ring (bicyclic) bond motifs is 10. The molecule has 0 atom stereocenters. The lowest BCUT2D eigenvalue weighted by atomic mass is 10.1. The van der Waals surface area contributed by atoms with Crippen LogP contribution in [0.15, 0.2) is 74.6 Å². The van der Waals surface area contributed by atoms with Gasteiger partial charge in [0.1, 0.15) is 40.1 Å². The molecule has 0 radical (unpaired) electrons. The summed E-state index contributed by atoms with van der Waals surface area (Å²) in [5.74, 6) is 0.0258. The summed E-state index contributed by atoms with van der Waals surface area (Å²) in [5, 5.41) is 2.25. The van der Waals surface area contributed by atoms with Gasteiger partial charge in [-0.15, -0.1) is 11.5 Å². The maximum absolute atomic E-state index is 14.3. The van der Waals surface area contributed by atoms with Crippen molar-refractivity contribution in [2.75, 3.05) is 0 Å². The number of aromatic nitrogens is 2. The van der Waals surface area contributed by atoms with Crippen LogP contribution in [-0.2, 0) is 0 Å². The zero-order chi connectivity index (χ0) is 23.6. The maximum Gasteiger partial charge on any atom is 0.499 e. The first-order valence-electron chi connectivity index (χ1n) is 10.7. The van der Waals surface area contributed by atoms with Gasteiger partial charge in [0.15, 0.2) is 11.7 Å². The first kappa shape index (κ1) is 19.2. The predicted molar refractivity (Wildman–Crippen MR) is 127 cm³/mol. The van der Waals surface area contributed by atoms with Gasteiger partial charge in [-0.2, -0.15) is 0 Å². The number of rotatable bonds is 0. The molecule has 11 heteroatoms. The van der Waals surface area contributed by atoms with E-state index in [0.717, 1.165) is 0 Å². The Balaban J connectivity index is 1.67. The van der Waals surface area contributed by atoms with Gasteiger partial charge < -0.3 is 8.96 Å². The molecule has 3 aliphatic heterocycles. The summed E-state index contributed by atoms with van der Waals surface area (Å²) in [7, 11) is 0. The van der Waals surface area contributed by atoms with Crippen molar-refractivity contribution in [1.29, 1.82) is 0 Å². The van der Waals surface area contributed by atoms with E-state index in [1.54, 1.807) is 27.2 Å². The molecule has 3 aromatic carbocycles. The molecule has 0 unspecified atom stereocenters. The molecule has 6 nitrogen and oxygen atoms in total. The van der Waals surface area contributed by atoms with E-state index < -0.39 is 23.8 Å². The smallest absolute Gasteiger partial charge is 0.319 e. The van der Waals surface area contributed by atoms with E-state index >= 15 is 0 Å². The van der Waals surface area contributed by atoms with Crippen molar-refractivity contribution in [3.63, 3.8) is 0 Å². The van der Waals surface area contributed by atoms with E-state index in [4.69, 9.17) is 26.4 Å². The van der Waals surface area contributed by atoms with Gasteiger partial charge in [-0.25, -0.2) is 33.1 Å². The van der Waals surface area contributed by atoms with Gasteiger partial charge in [0, 0.05) is 32.7 Å². The molecule has 3 aliphatic rings. The fourth-order valence-electron chi connectivity index (χ4n) is 5.08. The third-order valence-corrected chi connectivity index (χ3v) is 6.97. The second kappa shape index (κ2) is 6.28. The highest BCUT2D eigenvalue weighted by Gasteiger charge is 2.35. The predicted octanol–water partition coefficient (Wildman–Crippen LogP) is 4.37. The van der Waals surface area contributed by atoms with E-state index in [0.29, 0.717) is 61.1 Å². The van der Waals surface area contributed by atoms with Crippen molar-refractivity contribution in [3.05, 3.63) is 94.2 Å². The molecule has 0 saturated heterocycles. The van der Waals surface area contributed by atoms with Crippen molar-refractivity contribution >= 4 is 62.7 Å². The normalized spacial score (nSPS) is 15.0. The van der Waals surface area contributed by atoms with Crippen LogP contribution in [0.3, 0.4) is 0 Å². The highest BCUT2D eigenvalue weighted by molar-refractivity contribution is 7.05. The van der Waals surface area contributed by atoms with Crippen molar-refractivity contribution in [2.45, 2.75) is 0 Å². The number of hydrogen-bond donors (Lipinski definition) is 0. The topological polar surface area (TPSA) is 59.3 Å². The molecule has 4 bridgehead atoms. The number of benzene rings is 3. The van der Waals surface area contributed by atoms with Gasteiger partial charge in [-0.3, -0.25) is 0 Å². The van der Waals surface area contributed by atoms with Gasteiger partial charge in [0.05, 0.1) is 0 Å². The third-order valence-electron chi connectivity index (χ3n) is 6.58. The van der Waals surface area contributed by atoms with Crippen LogP contribution in [0.4, 0.5) is 24.8 Å². The molecule has 166 valence electrons. The zero-order valence-electron chi connectivity index (χ0n) is 17.5. The van der Waals surface area contributed by atoms with Gasteiger partial charge in [-0.05, 0) is 54.6 Å². The summed E-state index contributed by atoms with van der Waals surface area (Å²) in [4.78, 5) is 19.0. The van der Waals surface area contributed by atoms with Crippen LogP contribution in [0.5, 0.6) is 0 Å². The summed E-state index contributed by atoms with van der Waals surface area (Å²) in [6.45, 7) is 0.